The number of fused-ring (bicyclic) bond motifs is 1. The number of furan rings is 1. The van der Waals surface area contributed by atoms with E-state index in [1.54, 1.807) is 48.5 Å². The lowest BCUT2D eigenvalue weighted by Gasteiger charge is -2.20. The molecule has 0 saturated heterocycles. The minimum absolute atomic E-state index is 0.231. The number of nitrogens with one attached hydrogen (secondary N) is 2. The van der Waals surface area contributed by atoms with E-state index in [1.807, 2.05) is 6.07 Å². The van der Waals surface area contributed by atoms with Crippen LogP contribution in [0.5, 0.6) is 11.5 Å². The van der Waals surface area contributed by atoms with Crippen molar-refractivity contribution in [2.45, 2.75) is 6.54 Å². The summed E-state index contributed by atoms with van der Waals surface area (Å²) in [6.45, 7) is 1.18. The van der Waals surface area contributed by atoms with Crippen molar-refractivity contribution in [3.8, 4) is 11.5 Å². The Morgan fingerprint density at radius 3 is 2.64 bits per heavy atom. The molecular weight excluding hydrogens is 360 g/mol. The topological polar surface area (TPSA) is 89.8 Å². The summed E-state index contributed by atoms with van der Waals surface area (Å²) in [4.78, 5) is 24.7. The average Bonchev–Trinajstić information content (AvgIpc) is 3.27. The fraction of sp³-hybridized carbons (Fsp3) is 0.143. The number of ether oxygens (including phenoxy) is 2. The molecule has 2 amide bonds. The van der Waals surface area contributed by atoms with Gasteiger partial charge in [0, 0.05) is 12.2 Å². The fourth-order valence-corrected chi connectivity index (χ4v) is 2.89. The maximum Gasteiger partial charge on any atom is 0.291 e. The number of hydrogen-bond donors (Lipinski definition) is 2. The van der Waals surface area contributed by atoms with Crippen LogP contribution in [0.3, 0.4) is 0 Å². The van der Waals surface area contributed by atoms with Gasteiger partial charge >= 0.3 is 0 Å². The van der Waals surface area contributed by atoms with Crippen molar-refractivity contribution in [2.24, 2.45) is 0 Å². The quantitative estimate of drug-likeness (QED) is 0.711. The van der Waals surface area contributed by atoms with E-state index in [-0.39, 0.29) is 17.6 Å². The molecule has 1 aromatic heterocycles. The molecule has 7 heteroatoms. The van der Waals surface area contributed by atoms with Crippen molar-refractivity contribution in [2.75, 3.05) is 18.5 Å². The molecule has 1 aliphatic rings. The molecule has 0 saturated carbocycles. The third-order valence-corrected chi connectivity index (χ3v) is 4.19. The highest BCUT2D eigenvalue weighted by Crippen LogP contribution is 2.33. The molecule has 2 heterocycles. The molecule has 3 aromatic rings. The summed E-state index contributed by atoms with van der Waals surface area (Å²) in [5.41, 5.74) is 1.88. The van der Waals surface area contributed by atoms with Gasteiger partial charge in [-0.1, -0.05) is 18.2 Å². The maximum atomic E-state index is 12.6. The van der Waals surface area contributed by atoms with Crippen molar-refractivity contribution in [1.29, 1.82) is 0 Å². The first-order valence-electron chi connectivity index (χ1n) is 8.81. The lowest BCUT2D eigenvalue weighted by Crippen LogP contribution is -2.25. The van der Waals surface area contributed by atoms with Crippen molar-refractivity contribution in [3.63, 3.8) is 0 Å². The number of anilines is 1. The van der Waals surface area contributed by atoms with Crippen LogP contribution in [0.1, 0.15) is 26.5 Å². The molecule has 28 heavy (non-hydrogen) atoms. The highest BCUT2D eigenvalue weighted by atomic mass is 16.6. The summed E-state index contributed by atoms with van der Waals surface area (Å²) in [6.07, 6.45) is 1.44. The Balaban J connectivity index is 1.41. The van der Waals surface area contributed by atoms with Gasteiger partial charge in [0.25, 0.3) is 11.8 Å². The molecule has 2 aromatic carbocycles. The smallest absolute Gasteiger partial charge is 0.291 e. The molecule has 0 radical (unpaired) electrons. The molecule has 0 atom stereocenters. The van der Waals surface area contributed by atoms with Crippen LogP contribution < -0.4 is 20.1 Å². The van der Waals surface area contributed by atoms with Crippen LogP contribution in [-0.2, 0) is 6.54 Å². The number of hydrogen-bond acceptors (Lipinski definition) is 5. The van der Waals surface area contributed by atoms with Gasteiger partial charge in [-0.3, -0.25) is 9.59 Å². The van der Waals surface area contributed by atoms with Crippen molar-refractivity contribution in [3.05, 3.63) is 77.7 Å². The van der Waals surface area contributed by atoms with Crippen molar-refractivity contribution >= 4 is 17.5 Å². The van der Waals surface area contributed by atoms with Gasteiger partial charge in [0.05, 0.1) is 11.8 Å². The fourth-order valence-electron chi connectivity index (χ4n) is 2.89. The Hall–Kier alpha value is -3.74. The highest BCUT2D eigenvalue weighted by molar-refractivity contribution is 6.02. The van der Waals surface area contributed by atoms with Gasteiger partial charge in [0.15, 0.2) is 17.3 Å². The lowest BCUT2D eigenvalue weighted by atomic mass is 10.1. The Labute approximate surface area is 161 Å². The van der Waals surface area contributed by atoms with Crippen molar-refractivity contribution in [1.82, 2.24) is 5.32 Å². The Morgan fingerprint density at radius 1 is 0.929 bits per heavy atom. The van der Waals surface area contributed by atoms with E-state index in [9.17, 15) is 9.59 Å². The molecule has 7 nitrogen and oxygen atoms in total. The highest BCUT2D eigenvalue weighted by Gasteiger charge is 2.20. The largest absolute Gasteiger partial charge is 0.486 e. The zero-order chi connectivity index (χ0) is 19.3. The van der Waals surface area contributed by atoms with Gasteiger partial charge in [-0.05, 0) is 42.0 Å². The molecule has 2 N–H and O–H groups in total. The second kappa shape index (κ2) is 7.87. The third kappa shape index (κ3) is 3.83. The first kappa shape index (κ1) is 17.7. The molecule has 0 aliphatic carbocycles. The summed E-state index contributed by atoms with van der Waals surface area (Å²) in [6, 6.07) is 15.7. The summed E-state index contributed by atoms with van der Waals surface area (Å²) < 4.78 is 16.2. The van der Waals surface area contributed by atoms with E-state index in [2.05, 4.69) is 10.6 Å². The standard InChI is InChI=1S/C21H18N2O5/c24-20(16-6-2-7-17-19(16)28-11-10-27-17)22-13-14-4-1-5-15(12-14)23-21(25)18-8-3-9-26-18/h1-9,12H,10-11,13H2,(H,22,24)(H,23,25). The van der Waals surface area contributed by atoms with E-state index in [1.165, 1.54) is 6.26 Å². The monoisotopic (exact) mass is 378 g/mol. The van der Waals surface area contributed by atoms with Crippen LogP contribution in [0.25, 0.3) is 0 Å². The zero-order valence-corrected chi connectivity index (χ0v) is 14.9. The molecule has 0 spiro atoms. The first-order valence-corrected chi connectivity index (χ1v) is 8.81. The normalized spacial score (nSPS) is 12.3. The minimum atomic E-state index is -0.334. The van der Waals surface area contributed by atoms with Crippen LogP contribution in [0.2, 0.25) is 0 Å². The molecule has 0 fully saturated rings. The van der Waals surface area contributed by atoms with Crippen molar-refractivity contribution < 1.29 is 23.5 Å². The van der Waals surface area contributed by atoms with E-state index in [0.717, 1.165) is 5.56 Å². The number of rotatable bonds is 5. The molecule has 0 bridgehead atoms. The van der Waals surface area contributed by atoms with Gasteiger partial charge in [-0.2, -0.15) is 0 Å². The average molecular weight is 378 g/mol. The predicted molar refractivity (Wildman–Crippen MR) is 102 cm³/mol. The number of carbonyl (C=O) groups excluding carboxylic acids is 2. The third-order valence-electron chi connectivity index (χ3n) is 4.19. The summed E-state index contributed by atoms with van der Waals surface area (Å²) >= 11 is 0. The van der Waals surface area contributed by atoms with Gasteiger partial charge in [-0.25, -0.2) is 0 Å². The predicted octanol–water partition coefficient (Wildman–Crippen LogP) is 3.23. The van der Waals surface area contributed by atoms with E-state index in [4.69, 9.17) is 13.9 Å². The molecule has 1 aliphatic heterocycles. The molecule has 0 unspecified atom stereocenters. The SMILES string of the molecule is O=C(Nc1cccc(CNC(=O)c2cccc3c2OCCO3)c1)c1ccco1. The number of benzene rings is 2. The van der Waals surface area contributed by atoms with Crippen LogP contribution in [-0.4, -0.2) is 25.0 Å². The Bertz CT molecular complexity index is 998. The number of carbonyl (C=O) groups is 2. The van der Waals surface area contributed by atoms with Crippen LogP contribution >= 0.6 is 0 Å². The summed E-state index contributed by atoms with van der Waals surface area (Å²) in [5.74, 6) is 0.675. The zero-order valence-electron chi connectivity index (χ0n) is 14.9. The minimum Gasteiger partial charge on any atom is -0.486 e. The Kier molecular flexibility index (Phi) is 4.97. The molecule has 142 valence electrons. The van der Waals surface area contributed by atoms with E-state index < -0.39 is 0 Å². The lowest BCUT2D eigenvalue weighted by molar-refractivity contribution is 0.0938. The van der Waals surface area contributed by atoms with Gasteiger partial charge in [-0.15, -0.1) is 0 Å². The molecule has 4 rings (SSSR count). The van der Waals surface area contributed by atoms with Gasteiger partial charge in [0.2, 0.25) is 0 Å². The molecular formula is C21H18N2O5. The van der Waals surface area contributed by atoms with E-state index in [0.29, 0.717) is 42.5 Å². The summed E-state index contributed by atoms with van der Waals surface area (Å²) in [7, 11) is 0. The Morgan fingerprint density at radius 2 is 1.79 bits per heavy atom. The second-order valence-corrected chi connectivity index (χ2v) is 6.14. The first-order chi connectivity index (χ1) is 13.7. The van der Waals surface area contributed by atoms with Gasteiger partial charge < -0.3 is 24.5 Å². The second-order valence-electron chi connectivity index (χ2n) is 6.14. The van der Waals surface area contributed by atoms with Gasteiger partial charge in [0.1, 0.15) is 13.2 Å². The maximum absolute atomic E-state index is 12.6. The van der Waals surface area contributed by atoms with Crippen LogP contribution in [0, 0.1) is 0 Å². The summed E-state index contributed by atoms with van der Waals surface area (Å²) in [5, 5.41) is 5.63. The number of amides is 2. The number of para-hydroxylation sites is 1. The van der Waals surface area contributed by atoms with Crippen LogP contribution in [0.15, 0.2) is 65.3 Å². The van der Waals surface area contributed by atoms with Crippen LogP contribution in [0.4, 0.5) is 5.69 Å². The van der Waals surface area contributed by atoms with E-state index >= 15 is 0 Å².